The summed E-state index contributed by atoms with van der Waals surface area (Å²) in [6.45, 7) is 6.05. The molecule has 0 saturated carbocycles. The van der Waals surface area contributed by atoms with Crippen LogP contribution in [-0.4, -0.2) is 24.5 Å². The second kappa shape index (κ2) is 6.72. The summed E-state index contributed by atoms with van der Waals surface area (Å²) >= 11 is 0. The summed E-state index contributed by atoms with van der Waals surface area (Å²) in [6, 6.07) is 3.40. The number of amides is 1. The number of ether oxygens (including phenoxy) is 1. The molecule has 5 nitrogen and oxygen atoms in total. The summed E-state index contributed by atoms with van der Waals surface area (Å²) in [6.07, 6.45) is 3.07. The van der Waals surface area contributed by atoms with Crippen molar-refractivity contribution in [2.45, 2.75) is 46.1 Å². The van der Waals surface area contributed by atoms with Crippen molar-refractivity contribution in [2.75, 3.05) is 11.9 Å². The third-order valence-corrected chi connectivity index (χ3v) is 3.64. The largest absolute Gasteiger partial charge is 0.427 e. The van der Waals surface area contributed by atoms with E-state index in [0.717, 1.165) is 42.6 Å². The predicted octanol–water partition coefficient (Wildman–Crippen LogP) is 2.31. The zero-order chi connectivity index (χ0) is 15.4. The van der Waals surface area contributed by atoms with Crippen molar-refractivity contribution >= 4 is 17.6 Å². The summed E-state index contributed by atoms with van der Waals surface area (Å²) in [5, 5.41) is 6.22. The molecule has 1 saturated heterocycles. The van der Waals surface area contributed by atoms with Crippen LogP contribution in [0, 0.1) is 13.8 Å². The van der Waals surface area contributed by atoms with Gasteiger partial charge >= 0.3 is 5.97 Å². The molecular weight excluding hydrogens is 268 g/mol. The van der Waals surface area contributed by atoms with Gasteiger partial charge in [0.2, 0.25) is 5.91 Å². The van der Waals surface area contributed by atoms with Gasteiger partial charge in [-0.25, -0.2) is 0 Å². The van der Waals surface area contributed by atoms with Crippen molar-refractivity contribution in [3.8, 4) is 5.75 Å². The van der Waals surface area contributed by atoms with Crippen molar-refractivity contribution in [2.24, 2.45) is 0 Å². The average molecular weight is 290 g/mol. The van der Waals surface area contributed by atoms with Crippen molar-refractivity contribution in [3.63, 3.8) is 0 Å². The number of rotatable bonds is 3. The van der Waals surface area contributed by atoms with E-state index in [1.165, 1.54) is 6.92 Å². The van der Waals surface area contributed by atoms with Gasteiger partial charge in [0, 0.05) is 12.6 Å². The first-order chi connectivity index (χ1) is 9.97. The van der Waals surface area contributed by atoms with E-state index in [4.69, 9.17) is 4.74 Å². The molecule has 1 heterocycles. The molecule has 1 atom stereocenters. The first-order valence-electron chi connectivity index (χ1n) is 7.31. The lowest BCUT2D eigenvalue weighted by molar-refractivity contribution is -0.131. The highest BCUT2D eigenvalue weighted by Gasteiger charge is 2.21. The maximum Gasteiger partial charge on any atom is 0.308 e. The number of benzene rings is 1. The molecule has 0 aliphatic carbocycles. The molecule has 1 aliphatic rings. The first kappa shape index (κ1) is 15.5. The minimum Gasteiger partial charge on any atom is -0.427 e. The molecule has 1 unspecified atom stereocenters. The smallest absolute Gasteiger partial charge is 0.308 e. The van der Waals surface area contributed by atoms with Crippen LogP contribution >= 0.6 is 0 Å². The van der Waals surface area contributed by atoms with Gasteiger partial charge in [-0.05, 0) is 56.5 Å². The van der Waals surface area contributed by atoms with Crippen molar-refractivity contribution in [1.82, 2.24) is 5.32 Å². The highest BCUT2D eigenvalue weighted by molar-refractivity contribution is 5.96. The van der Waals surface area contributed by atoms with E-state index in [-0.39, 0.29) is 17.9 Å². The molecule has 1 amide bonds. The fourth-order valence-corrected chi connectivity index (χ4v) is 2.63. The summed E-state index contributed by atoms with van der Waals surface area (Å²) in [5.41, 5.74) is 2.56. The molecule has 0 spiro atoms. The topological polar surface area (TPSA) is 67.4 Å². The lowest BCUT2D eigenvalue weighted by Gasteiger charge is -2.23. The van der Waals surface area contributed by atoms with E-state index < -0.39 is 0 Å². The number of anilines is 1. The zero-order valence-electron chi connectivity index (χ0n) is 12.8. The molecule has 1 aliphatic heterocycles. The van der Waals surface area contributed by atoms with Crippen LogP contribution in [0.15, 0.2) is 12.1 Å². The third kappa shape index (κ3) is 4.04. The fraction of sp³-hybridized carbons (Fsp3) is 0.500. The number of hydrogen-bond acceptors (Lipinski definition) is 4. The quantitative estimate of drug-likeness (QED) is 0.662. The fourth-order valence-electron chi connectivity index (χ4n) is 2.63. The SMILES string of the molecule is CC(=O)Oc1cc(C)c(NC(=O)C2CCCCN2)c(C)c1. The van der Waals surface area contributed by atoms with Crippen molar-refractivity contribution in [3.05, 3.63) is 23.3 Å². The van der Waals surface area contributed by atoms with Crippen LogP contribution in [-0.2, 0) is 9.59 Å². The number of aryl methyl sites for hydroxylation is 2. The van der Waals surface area contributed by atoms with Crippen LogP contribution in [0.25, 0.3) is 0 Å². The number of hydrogen-bond donors (Lipinski definition) is 2. The lowest BCUT2D eigenvalue weighted by atomic mass is 10.0. The van der Waals surface area contributed by atoms with E-state index in [0.29, 0.717) is 5.75 Å². The third-order valence-electron chi connectivity index (χ3n) is 3.64. The van der Waals surface area contributed by atoms with E-state index in [9.17, 15) is 9.59 Å². The molecule has 114 valence electrons. The van der Waals surface area contributed by atoms with Crippen LogP contribution in [0.3, 0.4) is 0 Å². The predicted molar refractivity (Wildman–Crippen MR) is 81.5 cm³/mol. The molecule has 1 aromatic rings. The van der Waals surface area contributed by atoms with Crippen molar-refractivity contribution < 1.29 is 14.3 Å². The second-order valence-corrected chi connectivity index (χ2v) is 5.52. The summed E-state index contributed by atoms with van der Waals surface area (Å²) in [7, 11) is 0. The molecule has 21 heavy (non-hydrogen) atoms. The van der Waals surface area contributed by atoms with Crippen LogP contribution in [0.4, 0.5) is 5.69 Å². The summed E-state index contributed by atoms with van der Waals surface area (Å²) in [5.74, 6) is 0.157. The second-order valence-electron chi connectivity index (χ2n) is 5.52. The molecule has 0 bridgehead atoms. The van der Waals surface area contributed by atoms with Gasteiger partial charge in [0.05, 0.1) is 6.04 Å². The number of carbonyl (C=O) groups excluding carboxylic acids is 2. The summed E-state index contributed by atoms with van der Waals surface area (Å²) < 4.78 is 5.09. The van der Waals surface area contributed by atoms with E-state index in [1.54, 1.807) is 12.1 Å². The van der Waals surface area contributed by atoms with Gasteiger partial charge in [0.25, 0.3) is 0 Å². The lowest BCUT2D eigenvalue weighted by Crippen LogP contribution is -2.43. The van der Waals surface area contributed by atoms with Crippen LogP contribution in [0.1, 0.15) is 37.3 Å². The van der Waals surface area contributed by atoms with Gasteiger partial charge in [0.15, 0.2) is 0 Å². The number of piperidine rings is 1. The van der Waals surface area contributed by atoms with Gasteiger partial charge in [0.1, 0.15) is 5.75 Å². The number of carbonyl (C=O) groups is 2. The maximum absolute atomic E-state index is 12.3. The molecule has 0 radical (unpaired) electrons. The van der Waals surface area contributed by atoms with Gasteiger partial charge in [-0.2, -0.15) is 0 Å². The molecular formula is C16H22N2O3. The Kier molecular flexibility index (Phi) is 4.96. The van der Waals surface area contributed by atoms with Gasteiger partial charge in [-0.15, -0.1) is 0 Å². The average Bonchev–Trinajstić information content (AvgIpc) is 2.43. The minimum absolute atomic E-state index is 0.00105. The van der Waals surface area contributed by atoms with Crippen LogP contribution in [0.5, 0.6) is 5.75 Å². The standard InChI is InChI=1S/C16H22N2O3/c1-10-8-13(21-12(3)19)9-11(2)15(10)18-16(20)14-6-4-5-7-17-14/h8-9,14,17H,4-7H2,1-3H3,(H,18,20). The Balaban J connectivity index is 2.12. The van der Waals surface area contributed by atoms with E-state index in [1.807, 2.05) is 13.8 Å². The van der Waals surface area contributed by atoms with Crippen LogP contribution in [0.2, 0.25) is 0 Å². The Morgan fingerprint density at radius 1 is 1.24 bits per heavy atom. The molecule has 0 aromatic heterocycles. The first-order valence-corrected chi connectivity index (χ1v) is 7.31. The van der Waals surface area contributed by atoms with Crippen LogP contribution < -0.4 is 15.4 Å². The Hall–Kier alpha value is -1.88. The zero-order valence-corrected chi connectivity index (χ0v) is 12.8. The van der Waals surface area contributed by atoms with Gasteiger partial charge in [-0.1, -0.05) is 6.42 Å². The Labute approximate surface area is 125 Å². The Morgan fingerprint density at radius 3 is 2.43 bits per heavy atom. The van der Waals surface area contributed by atoms with Crippen molar-refractivity contribution in [1.29, 1.82) is 0 Å². The number of esters is 1. The molecule has 1 aromatic carbocycles. The highest BCUT2D eigenvalue weighted by Crippen LogP contribution is 2.27. The van der Waals surface area contributed by atoms with E-state index >= 15 is 0 Å². The number of nitrogens with one attached hydrogen (secondary N) is 2. The van der Waals surface area contributed by atoms with E-state index in [2.05, 4.69) is 10.6 Å². The monoisotopic (exact) mass is 290 g/mol. The molecule has 1 fully saturated rings. The minimum atomic E-state index is -0.350. The summed E-state index contributed by atoms with van der Waals surface area (Å²) in [4.78, 5) is 23.3. The Morgan fingerprint density at radius 2 is 1.90 bits per heavy atom. The Bertz CT molecular complexity index is 525. The van der Waals surface area contributed by atoms with Gasteiger partial charge in [-0.3, -0.25) is 9.59 Å². The molecule has 2 rings (SSSR count). The van der Waals surface area contributed by atoms with Gasteiger partial charge < -0.3 is 15.4 Å². The highest BCUT2D eigenvalue weighted by atomic mass is 16.5. The molecule has 2 N–H and O–H groups in total. The normalized spacial score (nSPS) is 18.1. The maximum atomic E-state index is 12.3. The molecule has 5 heteroatoms.